The van der Waals surface area contributed by atoms with E-state index in [1.807, 2.05) is 33.2 Å². The average Bonchev–Trinajstić information content (AvgIpc) is 2.86. The molecule has 0 radical (unpaired) electrons. The topological polar surface area (TPSA) is 99.6 Å². The van der Waals surface area contributed by atoms with Crippen molar-refractivity contribution in [1.82, 2.24) is 24.7 Å². The maximum absolute atomic E-state index is 13.6. The molecule has 1 aliphatic rings. The lowest BCUT2D eigenvalue weighted by Gasteiger charge is -2.45. The Kier molecular flexibility index (Phi) is 10.1. The van der Waals surface area contributed by atoms with E-state index in [4.69, 9.17) is 11.6 Å². The van der Waals surface area contributed by atoms with E-state index in [2.05, 4.69) is 40.9 Å². The quantitative estimate of drug-likeness (QED) is 0.389. The van der Waals surface area contributed by atoms with Gasteiger partial charge in [-0.2, -0.15) is 0 Å². The minimum absolute atomic E-state index is 0.0286. The van der Waals surface area contributed by atoms with Crippen LogP contribution in [0.4, 0.5) is 5.69 Å². The van der Waals surface area contributed by atoms with Crippen molar-refractivity contribution >= 4 is 40.1 Å². The summed E-state index contributed by atoms with van der Waals surface area (Å²) in [5.74, 6) is -0.668. The van der Waals surface area contributed by atoms with E-state index in [1.165, 1.54) is 4.57 Å². The molecule has 0 saturated carbocycles. The normalized spacial score (nSPS) is 15.3. The first-order chi connectivity index (χ1) is 18.4. The summed E-state index contributed by atoms with van der Waals surface area (Å²) in [5.41, 5.74) is 1.60. The second-order valence-corrected chi connectivity index (χ2v) is 11.4. The number of halogens is 1. The number of carbonyl (C=O) groups excluding carboxylic acids is 2. The fourth-order valence-corrected chi connectivity index (χ4v) is 4.45. The monoisotopic (exact) mass is 554 g/mol. The van der Waals surface area contributed by atoms with Crippen LogP contribution >= 0.6 is 11.6 Å². The molecule has 0 unspecified atom stereocenters. The third kappa shape index (κ3) is 8.03. The van der Waals surface area contributed by atoms with E-state index in [9.17, 15) is 14.4 Å². The Morgan fingerprint density at radius 1 is 1.23 bits per heavy atom. The molecule has 0 atom stereocenters. The van der Waals surface area contributed by atoms with E-state index in [0.29, 0.717) is 48.7 Å². The molecule has 2 N–H and O–H groups in total. The van der Waals surface area contributed by atoms with Crippen LogP contribution in [0.15, 0.2) is 58.5 Å². The Hall–Kier alpha value is -3.43. The highest BCUT2D eigenvalue weighted by molar-refractivity contribution is 6.31. The van der Waals surface area contributed by atoms with Crippen molar-refractivity contribution in [3.05, 3.63) is 69.7 Å². The fourth-order valence-electron chi connectivity index (χ4n) is 4.39. The molecule has 9 nitrogen and oxygen atoms in total. The molecule has 0 bridgehead atoms. The van der Waals surface area contributed by atoms with Gasteiger partial charge in [0.2, 0.25) is 5.91 Å². The number of nitrogens with zero attached hydrogens (tertiary/aromatic N) is 4. The van der Waals surface area contributed by atoms with Gasteiger partial charge in [0.25, 0.3) is 11.5 Å². The number of carbonyl (C=O) groups is 2. The zero-order chi connectivity index (χ0) is 28.7. The molecule has 3 heterocycles. The number of nitrogens with one attached hydrogen (secondary N) is 2. The summed E-state index contributed by atoms with van der Waals surface area (Å²) in [6.45, 7) is 12.6. The first-order valence-electron chi connectivity index (χ1n) is 13.0. The molecular weight excluding hydrogens is 516 g/mol. The van der Waals surface area contributed by atoms with E-state index in [-0.39, 0.29) is 23.4 Å². The van der Waals surface area contributed by atoms with Crippen molar-refractivity contribution in [1.29, 1.82) is 0 Å². The third-order valence-electron chi connectivity index (χ3n) is 6.52. The fraction of sp³-hybridized carbons (Fsp3) is 0.448. The van der Waals surface area contributed by atoms with Gasteiger partial charge in [0, 0.05) is 55.0 Å². The third-order valence-corrected chi connectivity index (χ3v) is 6.80. The van der Waals surface area contributed by atoms with E-state index < -0.39 is 11.5 Å². The second-order valence-electron chi connectivity index (χ2n) is 11.0. The van der Waals surface area contributed by atoms with Gasteiger partial charge in [-0.3, -0.25) is 19.0 Å². The molecular formula is C29H39ClN6O3. The Bertz CT molecular complexity index is 1350. The SMILES string of the molecule is C=CC(Cl)=CC=C(C)CCNC(=O)c1cc2c(NCCN(C)C)ccnc2n(CC(=O)N2CC(C)(C)C2)c1=O. The molecule has 210 valence electrons. The van der Waals surface area contributed by atoms with Crippen LogP contribution in [0.1, 0.15) is 37.6 Å². The number of hydrogen-bond donors (Lipinski definition) is 2. The minimum Gasteiger partial charge on any atom is -0.383 e. The molecule has 2 aromatic rings. The molecule has 1 aliphatic heterocycles. The number of fused-ring (bicyclic) bond motifs is 1. The van der Waals surface area contributed by atoms with Crippen LogP contribution in [0.5, 0.6) is 0 Å². The van der Waals surface area contributed by atoms with Crippen LogP contribution < -0.4 is 16.2 Å². The highest BCUT2D eigenvalue weighted by atomic mass is 35.5. The maximum Gasteiger partial charge on any atom is 0.265 e. The summed E-state index contributed by atoms with van der Waals surface area (Å²) >= 11 is 5.95. The zero-order valence-corrected chi connectivity index (χ0v) is 24.3. The van der Waals surface area contributed by atoms with E-state index >= 15 is 0 Å². The summed E-state index contributed by atoms with van der Waals surface area (Å²) in [4.78, 5) is 48.0. The second kappa shape index (κ2) is 13.1. The van der Waals surface area contributed by atoms with E-state index in [1.54, 1.807) is 29.3 Å². The van der Waals surface area contributed by atoms with Crippen LogP contribution in [-0.4, -0.2) is 78.0 Å². The average molecular weight is 555 g/mol. The highest BCUT2D eigenvalue weighted by Crippen LogP contribution is 2.29. The molecule has 10 heteroatoms. The summed E-state index contributed by atoms with van der Waals surface area (Å²) in [5, 5.41) is 7.35. The van der Waals surface area contributed by atoms with Crippen molar-refractivity contribution in [2.75, 3.05) is 52.1 Å². The van der Waals surface area contributed by atoms with Crippen LogP contribution in [0, 0.1) is 5.41 Å². The summed E-state index contributed by atoms with van der Waals surface area (Å²) in [6, 6.07) is 3.38. The largest absolute Gasteiger partial charge is 0.383 e. The smallest absolute Gasteiger partial charge is 0.265 e. The predicted molar refractivity (Wildman–Crippen MR) is 158 cm³/mol. The molecule has 3 rings (SSSR count). The summed E-state index contributed by atoms with van der Waals surface area (Å²) < 4.78 is 1.32. The van der Waals surface area contributed by atoms with Gasteiger partial charge >= 0.3 is 0 Å². The Morgan fingerprint density at radius 2 is 1.95 bits per heavy atom. The zero-order valence-electron chi connectivity index (χ0n) is 23.5. The van der Waals surface area contributed by atoms with Gasteiger partial charge in [-0.05, 0) is 51.1 Å². The van der Waals surface area contributed by atoms with Gasteiger partial charge in [-0.15, -0.1) is 0 Å². The Morgan fingerprint density at radius 3 is 2.59 bits per heavy atom. The summed E-state index contributed by atoms with van der Waals surface area (Å²) in [7, 11) is 3.97. The van der Waals surface area contributed by atoms with Crippen LogP contribution in [0.2, 0.25) is 0 Å². The van der Waals surface area contributed by atoms with Gasteiger partial charge in [-0.25, -0.2) is 4.98 Å². The summed E-state index contributed by atoms with van der Waals surface area (Å²) in [6.07, 6.45) is 7.33. The van der Waals surface area contributed by atoms with Gasteiger partial charge < -0.3 is 20.4 Å². The molecule has 2 amide bonds. The number of likely N-dealkylation sites (tertiary alicyclic amines) is 1. The van der Waals surface area contributed by atoms with Crippen molar-refractivity contribution in [3.63, 3.8) is 0 Å². The molecule has 39 heavy (non-hydrogen) atoms. The number of allylic oxidation sites excluding steroid dienone is 4. The lowest BCUT2D eigenvalue weighted by molar-refractivity contribution is -0.142. The first-order valence-corrected chi connectivity index (χ1v) is 13.4. The van der Waals surface area contributed by atoms with Crippen molar-refractivity contribution < 1.29 is 9.59 Å². The van der Waals surface area contributed by atoms with Gasteiger partial charge in [0.15, 0.2) is 0 Å². The molecule has 2 aromatic heterocycles. The van der Waals surface area contributed by atoms with Crippen LogP contribution in [0.3, 0.4) is 0 Å². The van der Waals surface area contributed by atoms with Crippen molar-refractivity contribution in [2.45, 2.75) is 33.7 Å². The molecule has 0 aliphatic carbocycles. The van der Waals surface area contributed by atoms with Crippen LogP contribution in [-0.2, 0) is 11.3 Å². The maximum atomic E-state index is 13.6. The van der Waals surface area contributed by atoms with Gasteiger partial charge in [0.1, 0.15) is 17.8 Å². The van der Waals surface area contributed by atoms with Crippen molar-refractivity contribution in [2.24, 2.45) is 5.41 Å². The number of anilines is 1. The predicted octanol–water partition coefficient (Wildman–Crippen LogP) is 3.61. The number of rotatable bonds is 12. The molecule has 1 saturated heterocycles. The molecule has 0 spiro atoms. The number of pyridine rings is 2. The highest BCUT2D eigenvalue weighted by Gasteiger charge is 2.37. The molecule has 1 fully saturated rings. The molecule has 0 aromatic carbocycles. The van der Waals surface area contributed by atoms with Gasteiger partial charge in [-0.1, -0.05) is 49.8 Å². The lowest BCUT2D eigenvalue weighted by atomic mass is 9.84. The van der Waals surface area contributed by atoms with E-state index in [0.717, 1.165) is 17.8 Å². The number of likely N-dealkylation sites (N-methyl/N-ethyl adjacent to an activating group) is 1. The first kappa shape index (κ1) is 30.1. The Labute approximate surface area is 235 Å². The van der Waals surface area contributed by atoms with Crippen molar-refractivity contribution in [3.8, 4) is 0 Å². The standard InChI is InChI=1S/C29H39ClN6O3/c1-7-21(30)9-8-20(2)10-12-33-27(38)23-16-22-24(31-14-15-34(5)6)11-13-32-26(22)36(28(23)39)17-25(37)35-18-29(3,4)19-35/h7-9,11,13,16H,1,10,12,14-15,17-19H2,2-6H3,(H,31,32)(H,33,38). The van der Waals surface area contributed by atoms with Crippen LogP contribution in [0.25, 0.3) is 11.0 Å². The number of aromatic nitrogens is 2. The number of hydrogen-bond acceptors (Lipinski definition) is 6. The Balaban J connectivity index is 1.91. The lowest BCUT2D eigenvalue weighted by Crippen LogP contribution is -2.56. The minimum atomic E-state index is -0.543. The van der Waals surface area contributed by atoms with Gasteiger partial charge in [0.05, 0.1) is 0 Å². The number of amides is 2.